The molecule has 0 N–H and O–H groups in total. The highest BCUT2D eigenvalue weighted by molar-refractivity contribution is 6.14. The topological polar surface area (TPSA) is 12.4 Å². The molecule has 1 heteroatoms. The van der Waals surface area contributed by atoms with Crippen LogP contribution in [0.4, 0.5) is 0 Å². The van der Waals surface area contributed by atoms with Crippen molar-refractivity contribution in [3.05, 3.63) is 71.5 Å². The van der Waals surface area contributed by atoms with E-state index in [1.54, 1.807) is 0 Å². The van der Waals surface area contributed by atoms with Crippen LogP contribution < -0.4 is 0 Å². The number of aliphatic imine (C=N–C) groups is 1. The van der Waals surface area contributed by atoms with Crippen molar-refractivity contribution >= 4 is 5.71 Å². The monoisotopic (exact) mass is 221 g/mol. The summed E-state index contributed by atoms with van der Waals surface area (Å²) in [5, 5.41) is 0. The first-order chi connectivity index (χ1) is 8.34. The van der Waals surface area contributed by atoms with Crippen LogP contribution in [0.15, 0.2) is 70.9 Å². The van der Waals surface area contributed by atoms with Gasteiger partial charge in [0.15, 0.2) is 0 Å². The molecule has 1 aromatic rings. The van der Waals surface area contributed by atoms with Crippen molar-refractivity contribution in [2.24, 2.45) is 10.9 Å². The number of nitrogens with zero attached hydrogens (tertiary/aromatic N) is 1. The Kier molecular flexibility index (Phi) is 2.52. The molecular weight excluding hydrogens is 206 g/mol. The van der Waals surface area contributed by atoms with Gasteiger partial charge in [-0.3, -0.25) is 4.99 Å². The molecule has 0 saturated carbocycles. The summed E-state index contributed by atoms with van der Waals surface area (Å²) in [6, 6.07) is 10.4. The fourth-order valence-corrected chi connectivity index (χ4v) is 2.44. The van der Waals surface area contributed by atoms with Crippen molar-refractivity contribution in [1.82, 2.24) is 0 Å². The summed E-state index contributed by atoms with van der Waals surface area (Å²) in [7, 11) is 0. The van der Waals surface area contributed by atoms with E-state index in [2.05, 4.69) is 54.4 Å². The van der Waals surface area contributed by atoms with Gasteiger partial charge >= 0.3 is 0 Å². The van der Waals surface area contributed by atoms with Gasteiger partial charge in [-0.25, -0.2) is 0 Å². The quantitative estimate of drug-likeness (QED) is 0.682. The minimum absolute atomic E-state index is 0.507. The molecule has 3 rings (SSSR count). The summed E-state index contributed by atoms with van der Waals surface area (Å²) in [5.41, 5.74) is 5.13. The van der Waals surface area contributed by atoms with Crippen molar-refractivity contribution in [3.63, 3.8) is 0 Å². The Bertz CT molecular complexity index is 544. The predicted molar refractivity (Wildman–Crippen MR) is 72.1 cm³/mol. The van der Waals surface area contributed by atoms with E-state index in [4.69, 9.17) is 0 Å². The molecule has 0 saturated heterocycles. The molecule has 0 spiro atoms. The molecule has 1 aromatic carbocycles. The molecule has 1 aliphatic heterocycles. The van der Waals surface area contributed by atoms with E-state index in [0.29, 0.717) is 5.92 Å². The lowest BCUT2D eigenvalue weighted by atomic mass is 9.82. The molecule has 1 aliphatic carbocycles. The Labute approximate surface area is 102 Å². The first kappa shape index (κ1) is 10.3. The highest BCUT2D eigenvalue weighted by atomic mass is 14.7. The molecule has 84 valence electrons. The standard InChI is InChI=1S/C16H15N/c1-12-7-8-15-14(11-12)9-10-17-16(15)13-5-3-2-4-6-13/h2-10,14H,11H2,1H3. The molecule has 0 amide bonds. The molecule has 1 atom stereocenters. The average Bonchev–Trinajstić information content (AvgIpc) is 2.39. The maximum absolute atomic E-state index is 4.55. The number of hydrogen-bond donors (Lipinski definition) is 0. The molecule has 0 bridgehead atoms. The van der Waals surface area contributed by atoms with Crippen LogP contribution in [0, 0.1) is 5.92 Å². The second-order valence-corrected chi connectivity index (χ2v) is 4.63. The Morgan fingerprint density at radius 3 is 2.76 bits per heavy atom. The molecule has 0 radical (unpaired) electrons. The van der Waals surface area contributed by atoms with Gasteiger partial charge in [-0.15, -0.1) is 0 Å². The third kappa shape index (κ3) is 1.89. The zero-order valence-electron chi connectivity index (χ0n) is 9.93. The van der Waals surface area contributed by atoms with Crippen molar-refractivity contribution in [3.8, 4) is 0 Å². The van der Waals surface area contributed by atoms with Crippen LogP contribution in [0.2, 0.25) is 0 Å². The number of hydrogen-bond acceptors (Lipinski definition) is 1. The average molecular weight is 221 g/mol. The first-order valence-electron chi connectivity index (χ1n) is 6.02. The minimum Gasteiger partial charge on any atom is -0.256 e. The molecule has 2 aliphatic rings. The SMILES string of the molecule is CC1=CC=C2C(c3ccccc3)=NC=CC2C1. The van der Waals surface area contributed by atoms with Crippen molar-refractivity contribution in [1.29, 1.82) is 0 Å². The van der Waals surface area contributed by atoms with Gasteiger partial charge in [0.2, 0.25) is 0 Å². The number of allylic oxidation sites excluding steroid dienone is 5. The lowest BCUT2D eigenvalue weighted by Crippen LogP contribution is -2.18. The fourth-order valence-electron chi connectivity index (χ4n) is 2.44. The van der Waals surface area contributed by atoms with Gasteiger partial charge in [-0.05, 0) is 18.9 Å². The van der Waals surface area contributed by atoms with Crippen LogP contribution in [-0.2, 0) is 0 Å². The highest BCUT2D eigenvalue weighted by Crippen LogP contribution is 2.31. The molecule has 1 heterocycles. The van der Waals surface area contributed by atoms with Gasteiger partial charge in [-0.2, -0.15) is 0 Å². The van der Waals surface area contributed by atoms with E-state index in [9.17, 15) is 0 Å². The number of fused-ring (bicyclic) bond motifs is 1. The highest BCUT2D eigenvalue weighted by Gasteiger charge is 2.22. The van der Waals surface area contributed by atoms with Gasteiger partial charge < -0.3 is 0 Å². The van der Waals surface area contributed by atoms with E-state index in [-0.39, 0.29) is 0 Å². The summed E-state index contributed by atoms with van der Waals surface area (Å²) >= 11 is 0. The summed E-state index contributed by atoms with van der Waals surface area (Å²) in [6.07, 6.45) is 9.70. The van der Waals surface area contributed by atoms with Crippen LogP contribution in [0.3, 0.4) is 0 Å². The van der Waals surface area contributed by atoms with Crippen LogP contribution >= 0.6 is 0 Å². The molecule has 1 nitrogen and oxygen atoms in total. The Hall–Kier alpha value is -1.89. The number of benzene rings is 1. The lowest BCUT2D eigenvalue weighted by Gasteiger charge is -2.24. The van der Waals surface area contributed by atoms with Crippen LogP contribution in [0.25, 0.3) is 0 Å². The van der Waals surface area contributed by atoms with E-state index >= 15 is 0 Å². The van der Waals surface area contributed by atoms with Gasteiger partial charge in [0.25, 0.3) is 0 Å². The van der Waals surface area contributed by atoms with Crippen molar-refractivity contribution < 1.29 is 0 Å². The molecular formula is C16H15N. The largest absolute Gasteiger partial charge is 0.256 e. The van der Waals surface area contributed by atoms with Crippen LogP contribution in [-0.4, -0.2) is 5.71 Å². The van der Waals surface area contributed by atoms with E-state index < -0.39 is 0 Å². The summed E-state index contributed by atoms with van der Waals surface area (Å²) < 4.78 is 0. The van der Waals surface area contributed by atoms with E-state index in [1.807, 2.05) is 12.3 Å². The van der Waals surface area contributed by atoms with Gasteiger partial charge in [0, 0.05) is 17.7 Å². The minimum atomic E-state index is 0.507. The smallest absolute Gasteiger partial charge is 0.0739 e. The molecule has 0 aromatic heterocycles. The Morgan fingerprint density at radius 2 is 1.94 bits per heavy atom. The first-order valence-corrected chi connectivity index (χ1v) is 6.02. The maximum atomic E-state index is 4.55. The second kappa shape index (κ2) is 4.17. The Morgan fingerprint density at radius 1 is 1.12 bits per heavy atom. The fraction of sp³-hybridized carbons (Fsp3) is 0.188. The van der Waals surface area contributed by atoms with Crippen LogP contribution in [0.1, 0.15) is 18.9 Å². The summed E-state index contributed by atoms with van der Waals surface area (Å²) in [4.78, 5) is 4.55. The number of rotatable bonds is 1. The zero-order chi connectivity index (χ0) is 11.7. The zero-order valence-corrected chi connectivity index (χ0v) is 9.93. The second-order valence-electron chi connectivity index (χ2n) is 4.63. The van der Waals surface area contributed by atoms with Crippen LogP contribution in [0.5, 0.6) is 0 Å². The summed E-state index contributed by atoms with van der Waals surface area (Å²) in [5.74, 6) is 0.507. The summed E-state index contributed by atoms with van der Waals surface area (Å²) in [6.45, 7) is 2.19. The van der Waals surface area contributed by atoms with Gasteiger partial charge in [0.05, 0.1) is 5.71 Å². The maximum Gasteiger partial charge on any atom is 0.0739 e. The lowest BCUT2D eigenvalue weighted by molar-refractivity contribution is 0.752. The van der Waals surface area contributed by atoms with Crippen molar-refractivity contribution in [2.75, 3.05) is 0 Å². The Balaban J connectivity index is 2.06. The molecule has 17 heavy (non-hydrogen) atoms. The molecule has 0 fully saturated rings. The normalized spacial score (nSPS) is 22.4. The van der Waals surface area contributed by atoms with Crippen molar-refractivity contribution in [2.45, 2.75) is 13.3 Å². The van der Waals surface area contributed by atoms with Gasteiger partial charge in [0.1, 0.15) is 0 Å². The molecule has 1 unspecified atom stereocenters. The third-order valence-electron chi connectivity index (χ3n) is 3.33. The predicted octanol–water partition coefficient (Wildman–Crippen LogP) is 3.90. The third-order valence-corrected chi connectivity index (χ3v) is 3.33. The van der Waals surface area contributed by atoms with E-state index in [1.165, 1.54) is 16.7 Å². The van der Waals surface area contributed by atoms with E-state index in [0.717, 1.165) is 12.1 Å². The van der Waals surface area contributed by atoms with Gasteiger partial charge in [-0.1, -0.05) is 54.1 Å².